The summed E-state index contributed by atoms with van der Waals surface area (Å²) in [6.07, 6.45) is 1.05. The summed E-state index contributed by atoms with van der Waals surface area (Å²) in [4.78, 5) is 17.5. The van der Waals surface area contributed by atoms with Crippen molar-refractivity contribution in [2.24, 2.45) is 0 Å². The van der Waals surface area contributed by atoms with Crippen molar-refractivity contribution in [3.8, 4) is 11.5 Å². The van der Waals surface area contributed by atoms with Crippen molar-refractivity contribution < 1.29 is 22.7 Å². The molecule has 1 amide bonds. The summed E-state index contributed by atoms with van der Waals surface area (Å²) in [6.45, 7) is 2.26. The number of nitrogens with zero attached hydrogens (tertiary/aromatic N) is 2. The molecule has 0 saturated carbocycles. The molecule has 1 fully saturated rings. The summed E-state index contributed by atoms with van der Waals surface area (Å²) in [5, 5.41) is 3.26. The summed E-state index contributed by atoms with van der Waals surface area (Å²) in [6, 6.07) is 9.48. The molecule has 0 bridgehead atoms. The van der Waals surface area contributed by atoms with Crippen LogP contribution >= 0.6 is 11.3 Å². The molecule has 1 aliphatic heterocycles. The van der Waals surface area contributed by atoms with Crippen LogP contribution in [0.5, 0.6) is 11.5 Å². The highest BCUT2D eigenvalue weighted by molar-refractivity contribution is 7.89. The van der Waals surface area contributed by atoms with Crippen molar-refractivity contribution in [2.45, 2.75) is 30.7 Å². The van der Waals surface area contributed by atoms with Gasteiger partial charge in [-0.05, 0) is 49.6 Å². The lowest BCUT2D eigenvalue weighted by atomic mass is 10.2. The van der Waals surface area contributed by atoms with Crippen LogP contribution in [0.1, 0.15) is 18.4 Å². The lowest BCUT2D eigenvalue weighted by Crippen LogP contribution is -2.43. The predicted molar refractivity (Wildman–Crippen MR) is 119 cm³/mol. The van der Waals surface area contributed by atoms with Gasteiger partial charge in [0.15, 0.2) is 16.6 Å². The molecule has 2 aromatic carbocycles. The van der Waals surface area contributed by atoms with Crippen molar-refractivity contribution in [3.63, 3.8) is 0 Å². The molecule has 1 aromatic heterocycles. The van der Waals surface area contributed by atoms with Gasteiger partial charge in [-0.3, -0.25) is 4.79 Å². The van der Waals surface area contributed by atoms with E-state index in [1.54, 1.807) is 6.07 Å². The molecule has 4 rings (SSSR count). The summed E-state index contributed by atoms with van der Waals surface area (Å²) in [5.41, 5.74) is 1.91. The SMILES string of the molecule is COc1ccc(S(=O)(=O)N2CCCC2C(=O)Nc2nc3ccc(C)cc3s2)cc1OC. The molecule has 1 N–H and O–H groups in total. The fourth-order valence-corrected chi connectivity index (χ4v) is 6.32. The zero-order chi connectivity index (χ0) is 22.2. The summed E-state index contributed by atoms with van der Waals surface area (Å²) >= 11 is 1.37. The van der Waals surface area contributed by atoms with Crippen LogP contribution in [0, 0.1) is 6.92 Å². The Morgan fingerprint density at radius 3 is 2.68 bits per heavy atom. The second-order valence-corrected chi connectivity index (χ2v) is 10.2. The average molecular weight is 462 g/mol. The number of benzene rings is 2. The highest BCUT2D eigenvalue weighted by atomic mass is 32.2. The monoisotopic (exact) mass is 461 g/mol. The molecular formula is C21H23N3O5S2. The van der Waals surface area contributed by atoms with Crippen molar-refractivity contribution in [1.82, 2.24) is 9.29 Å². The molecular weight excluding hydrogens is 438 g/mol. The van der Waals surface area contributed by atoms with Crippen LogP contribution in [0.15, 0.2) is 41.3 Å². The molecule has 2 heterocycles. The van der Waals surface area contributed by atoms with Gasteiger partial charge < -0.3 is 14.8 Å². The first-order valence-corrected chi connectivity index (χ1v) is 12.0. The molecule has 1 saturated heterocycles. The highest BCUT2D eigenvalue weighted by Crippen LogP contribution is 2.34. The number of fused-ring (bicyclic) bond motifs is 1. The lowest BCUT2D eigenvalue weighted by molar-refractivity contribution is -0.119. The third-order valence-corrected chi connectivity index (χ3v) is 8.08. The van der Waals surface area contributed by atoms with Crippen LogP contribution in [0.2, 0.25) is 0 Å². The van der Waals surface area contributed by atoms with Gasteiger partial charge in [0.2, 0.25) is 15.9 Å². The number of nitrogens with one attached hydrogen (secondary N) is 1. The Kier molecular flexibility index (Phi) is 5.87. The first kappa shape index (κ1) is 21.5. The topological polar surface area (TPSA) is 97.8 Å². The Hall–Kier alpha value is -2.69. The van der Waals surface area contributed by atoms with Gasteiger partial charge in [0.05, 0.1) is 29.3 Å². The minimum absolute atomic E-state index is 0.0558. The van der Waals surface area contributed by atoms with Gasteiger partial charge in [0.1, 0.15) is 6.04 Å². The molecule has 1 aliphatic rings. The third-order valence-electron chi connectivity index (χ3n) is 5.24. The molecule has 0 aliphatic carbocycles. The minimum Gasteiger partial charge on any atom is -0.493 e. The van der Waals surface area contributed by atoms with Crippen molar-refractivity contribution in [2.75, 3.05) is 26.1 Å². The second kappa shape index (κ2) is 8.45. The largest absolute Gasteiger partial charge is 0.493 e. The number of ether oxygens (including phenoxy) is 2. The van der Waals surface area contributed by atoms with Gasteiger partial charge in [-0.15, -0.1) is 0 Å². The van der Waals surface area contributed by atoms with E-state index in [0.29, 0.717) is 29.5 Å². The van der Waals surface area contributed by atoms with Gasteiger partial charge in [-0.25, -0.2) is 13.4 Å². The van der Waals surface area contributed by atoms with E-state index in [1.165, 1.54) is 42.0 Å². The number of carbonyl (C=O) groups is 1. The van der Waals surface area contributed by atoms with Crippen molar-refractivity contribution >= 4 is 42.6 Å². The average Bonchev–Trinajstić information content (AvgIpc) is 3.40. The van der Waals surface area contributed by atoms with Gasteiger partial charge in [0, 0.05) is 12.6 Å². The Labute approximate surface area is 184 Å². The minimum atomic E-state index is -3.89. The molecule has 8 nitrogen and oxygen atoms in total. The third kappa shape index (κ3) is 4.10. The molecule has 0 radical (unpaired) electrons. The van der Waals surface area contributed by atoms with Crippen LogP contribution in [0.3, 0.4) is 0 Å². The Morgan fingerprint density at radius 2 is 1.94 bits per heavy atom. The molecule has 10 heteroatoms. The number of sulfonamides is 1. The maximum absolute atomic E-state index is 13.3. The van der Waals surface area contributed by atoms with Crippen LogP contribution in [-0.4, -0.2) is 50.4 Å². The molecule has 3 aromatic rings. The quantitative estimate of drug-likeness (QED) is 0.604. The van der Waals surface area contributed by atoms with Gasteiger partial charge in [-0.2, -0.15) is 4.31 Å². The summed E-state index contributed by atoms with van der Waals surface area (Å²) < 4.78 is 39.2. The summed E-state index contributed by atoms with van der Waals surface area (Å²) in [5.74, 6) is 0.370. The Morgan fingerprint density at radius 1 is 1.16 bits per heavy atom. The van der Waals surface area contributed by atoms with Crippen molar-refractivity contribution in [1.29, 1.82) is 0 Å². The number of methoxy groups -OCH3 is 2. The molecule has 164 valence electrons. The number of anilines is 1. The normalized spacial score (nSPS) is 17.1. The number of amides is 1. The smallest absolute Gasteiger partial charge is 0.244 e. The van der Waals surface area contributed by atoms with Crippen LogP contribution in [-0.2, 0) is 14.8 Å². The van der Waals surface area contributed by atoms with Gasteiger partial charge in [-0.1, -0.05) is 17.4 Å². The highest BCUT2D eigenvalue weighted by Gasteiger charge is 2.40. The number of thiazole rings is 1. The maximum atomic E-state index is 13.3. The fraction of sp³-hybridized carbons (Fsp3) is 0.333. The number of hydrogen-bond acceptors (Lipinski definition) is 7. The van der Waals surface area contributed by atoms with Crippen molar-refractivity contribution in [3.05, 3.63) is 42.0 Å². The standard InChI is InChI=1S/C21H23N3O5S2/c1-13-6-8-15-19(11-13)30-21(22-15)23-20(25)16-5-4-10-24(16)31(26,27)14-7-9-17(28-2)18(12-14)29-3/h6-9,11-12,16H,4-5,10H2,1-3H3,(H,22,23,25). The lowest BCUT2D eigenvalue weighted by Gasteiger charge is -2.23. The molecule has 0 spiro atoms. The van der Waals surface area contributed by atoms with E-state index in [-0.39, 0.29) is 17.3 Å². The van der Waals surface area contributed by atoms with Crippen LogP contribution in [0.25, 0.3) is 10.2 Å². The van der Waals surface area contributed by atoms with E-state index in [4.69, 9.17) is 9.47 Å². The molecule has 1 atom stereocenters. The van der Waals surface area contributed by atoms with Crippen LogP contribution < -0.4 is 14.8 Å². The number of aryl methyl sites for hydroxylation is 1. The Bertz CT molecular complexity index is 1240. The number of rotatable bonds is 6. The molecule has 1 unspecified atom stereocenters. The zero-order valence-electron chi connectivity index (χ0n) is 17.4. The fourth-order valence-electron chi connectivity index (χ4n) is 3.68. The van der Waals surface area contributed by atoms with E-state index in [2.05, 4.69) is 10.3 Å². The maximum Gasteiger partial charge on any atom is 0.244 e. The summed E-state index contributed by atoms with van der Waals surface area (Å²) in [7, 11) is -0.966. The van der Waals surface area contributed by atoms with E-state index in [0.717, 1.165) is 15.8 Å². The van der Waals surface area contributed by atoms with E-state index >= 15 is 0 Å². The zero-order valence-corrected chi connectivity index (χ0v) is 19.0. The number of hydrogen-bond donors (Lipinski definition) is 1. The van der Waals surface area contributed by atoms with Gasteiger partial charge in [0.25, 0.3) is 0 Å². The van der Waals surface area contributed by atoms with Crippen LogP contribution in [0.4, 0.5) is 5.13 Å². The number of carbonyl (C=O) groups excluding carboxylic acids is 1. The first-order chi connectivity index (χ1) is 14.8. The second-order valence-electron chi connectivity index (χ2n) is 7.27. The Balaban J connectivity index is 1.58. The predicted octanol–water partition coefficient (Wildman–Crippen LogP) is 3.41. The van der Waals surface area contributed by atoms with E-state index in [9.17, 15) is 13.2 Å². The van der Waals surface area contributed by atoms with E-state index < -0.39 is 16.1 Å². The molecule has 31 heavy (non-hydrogen) atoms. The first-order valence-electron chi connectivity index (χ1n) is 9.75. The van der Waals surface area contributed by atoms with E-state index in [1.807, 2.05) is 25.1 Å². The number of aromatic nitrogens is 1. The van der Waals surface area contributed by atoms with Gasteiger partial charge >= 0.3 is 0 Å².